The van der Waals surface area contributed by atoms with Gasteiger partial charge in [0.25, 0.3) is 0 Å². The number of aromatic nitrogens is 3. The number of nitriles is 1. The highest BCUT2D eigenvalue weighted by atomic mass is 19.1. The topological polar surface area (TPSA) is 74.8 Å². The average Bonchev–Trinajstić information content (AvgIpc) is 3.38. The predicted octanol–water partition coefficient (Wildman–Crippen LogP) is 3.88. The van der Waals surface area contributed by atoms with E-state index in [0.717, 1.165) is 43.5 Å². The number of carbonyl (C=O) groups excluding carboxylic acids is 1. The van der Waals surface area contributed by atoms with Gasteiger partial charge < -0.3 is 9.47 Å². The third-order valence-corrected chi connectivity index (χ3v) is 6.15. The van der Waals surface area contributed by atoms with E-state index in [1.165, 1.54) is 6.07 Å². The first-order valence-electron chi connectivity index (χ1n) is 10.6. The quantitative estimate of drug-likeness (QED) is 0.634. The van der Waals surface area contributed by atoms with Gasteiger partial charge in [-0.15, -0.1) is 10.2 Å². The summed E-state index contributed by atoms with van der Waals surface area (Å²) in [6, 6.07) is 14.2. The van der Waals surface area contributed by atoms with E-state index in [1.807, 2.05) is 27.7 Å². The van der Waals surface area contributed by atoms with E-state index < -0.39 is 0 Å². The van der Waals surface area contributed by atoms with E-state index in [9.17, 15) is 4.79 Å². The highest BCUT2D eigenvalue weighted by Gasteiger charge is 2.36. The molecule has 0 unspecified atom stereocenters. The fraction of sp³-hybridized carbons (Fsp3) is 0.333. The van der Waals surface area contributed by atoms with Crippen LogP contribution in [0.4, 0.5) is 4.39 Å². The van der Waals surface area contributed by atoms with Gasteiger partial charge in [-0.05, 0) is 60.6 Å². The van der Waals surface area contributed by atoms with E-state index >= 15 is 4.39 Å². The second-order valence-corrected chi connectivity index (χ2v) is 8.40. The molecule has 0 radical (unpaired) electrons. The van der Waals surface area contributed by atoms with E-state index in [1.54, 1.807) is 24.5 Å². The van der Waals surface area contributed by atoms with Crippen LogP contribution in [0.15, 0.2) is 48.8 Å². The van der Waals surface area contributed by atoms with Gasteiger partial charge in [0, 0.05) is 25.6 Å². The first-order valence-corrected chi connectivity index (χ1v) is 10.6. The molecule has 7 heteroatoms. The molecule has 2 aliphatic rings. The van der Waals surface area contributed by atoms with Crippen LogP contribution in [0.3, 0.4) is 0 Å². The molecule has 1 saturated heterocycles. The van der Waals surface area contributed by atoms with Gasteiger partial charge in [-0.2, -0.15) is 5.26 Å². The highest BCUT2D eigenvalue weighted by Crippen LogP contribution is 2.33. The SMILES string of the molecule is N#Cc1ccc(-c2ccc(-c3nncn3C[C@H]3CCN(C(=O)C4CC4)C3)c(F)c2)cc1. The number of hydrogen-bond acceptors (Lipinski definition) is 4. The van der Waals surface area contributed by atoms with E-state index in [2.05, 4.69) is 16.3 Å². The first kappa shape index (κ1) is 19.4. The van der Waals surface area contributed by atoms with Gasteiger partial charge in [0.15, 0.2) is 5.82 Å². The Labute approximate surface area is 179 Å². The largest absolute Gasteiger partial charge is 0.342 e. The normalized spacial score (nSPS) is 18.2. The molecule has 0 N–H and O–H groups in total. The fourth-order valence-corrected chi connectivity index (χ4v) is 4.26. The summed E-state index contributed by atoms with van der Waals surface area (Å²) in [5, 5.41) is 17.1. The molecule has 1 atom stereocenters. The van der Waals surface area contributed by atoms with Crippen molar-refractivity contribution in [2.45, 2.75) is 25.8 Å². The van der Waals surface area contributed by atoms with Crippen molar-refractivity contribution in [1.82, 2.24) is 19.7 Å². The summed E-state index contributed by atoms with van der Waals surface area (Å²) in [5.74, 6) is 0.978. The number of nitrogens with zero attached hydrogens (tertiary/aromatic N) is 5. The molecular weight excluding hydrogens is 393 g/mol. The minimum atomic E-state index is -0.368. The lowest BCUT2D eigenvalue weighted by Crippen LogP contribution is -2.30. The molecule has 1 amide bonds. The van der Waals surface area contributed by atoms with Gasteiger partial charge in [-0.25, -0.2) is 4.39 Å². The van der Waals surface area contributed by atoms with Crippen molar-refractivity contribution >= 4 is 5.91 Å². The zero-order valence-electron chi connectivity index (χ0n) is 17.0. The van der Waals surface area contributed by atoms with Crippen molar-refractivity contribution in [2.75, 3.05) is 13.1 Å². The lowest BCUT2D eigenvalue weighted by molar-refractivity contribution is -0.131. The molecule has 156 valence electrons. The highest BCUT2D eigenvalue weighted by molar-refractivity contribution is 5.81. The molecule has 2 aromatic carbocycles. The Morgan fingerprint density at radius 1 is 1.13 bits per heavy atom. The van der Waals surface area contributed by atoms with Gasteiger partial charge in [0.2, 0.25) is 5.91 Å². The Hall–Kier alpha value is -3.53. The molecule has 5 rings (SSSR count). The molecule has 1 aliphatic carbocycles. The van der Waals surface area contributed by atoms with Gasteiger partial charge in [-0.3, -0.25) is 4.79 Å². The number of hydrogen-bond donors (Lipinski definition) is 0. The maximum atomic E-state index is 15.0. The van der Waals surface area contributed by atoms with Crippen LogP contribution in [-0.2, 0) is 11.3 Å². The minimum absolute atomic E-state index is 0.243. The Morgan fingerprint density at radius 2 is 1.90 bits per heavy atom. The number of carbonyl (C=O) groups is 1. The van der Waals surface area contributed by atoms with Gasteiger partial charge in [0.05, 0.1) is 17.2 Å². The Morgan fingerprint density at radius 3 is 2.61 bits per heavy atom. The monoisotopic (exact) mass is 415 g/mol. The molecule has 2 heterocycles. The summed E-state index contributed by atoms with van der Waals surface area (Å²) in [4.78, 5) is 14.3. The van der Waals surface area contributed by atoms with Gasteiger partial charge in [-0.1, -0.05) is 18.2 Å². The second kappa shape index (κ2) is 7.95. The molecule has 1 aromatic heterocycles. The number of amides is 1. The van der Waals surface area contributed by atoms with Crippen LogP contribution in [-0.4, -0.2) is 38.7 Å². The molecule has 0 bridgehead atoms. The third-order valence-electron chi connectivity index (χ3n) is 6.15. The zero-order valence-corrected chi connectivity index (χ0v) is 17.0. The number of halogens is 1. The van der Waals surface area contributed by atoms with Crippen molar-refractivity contribution in [2.24, 2.45) is 11.8 Å². The second-order valence-electron chi connectivity index (χ2n) is 8.40. The summed E-state index contributed by atoms with van der Waals surface area (Å²) >= 11 is 0. The summed E-state index contributed by atoms with van der Waals surface area (Å²) in [7, 11) is 0. The zero-order chi connectivity index (χ0) is 21.4. The number of benzene rings is 2. The maximum Gasteiger partial charge on any atom is 0.225 e. The minimum Gasteiger partial charge on any atom is -0.342 e. The fourth-order valence-electron chi connectivity index (χ4n) is 4.26. The molecule has 1 saturated carbocycles. The van der Waals surface area contributed by atoms with Crippen LogP contribution >= 0.6 is 0 Å². The summed E-state index contributed by atoms with van der Waals surface area (Å²) in [6.07, 6.45) is 4.62. The van der Waals surface area contributed by atoms with Crippen molar-refractivity contribution in [3.8, 4) is 28.6 Å². The molecular formula is C24H22FN5O. The van der Waals surface area contributed by atoms with Crippen molar-refractivity contribution in [3.63, 3.8) is 0 Å². The van der Waals surface area contributed by atoms with Crippen molar-refractivity contribution < 1.29 is 9.18 Å². The van der Waals surface area contributed by atoms with Crippen LogP contribution in [0, 0.1) is 29.0 Å². The first-order chi connectivity index (χ1) is 15.1. The van der Waals surface area contributed by atoms with Gasteiger partial charge >= 0.3 is 0 Å². The van der Waals surface area contributed by atoms with Crippen LogP contribution in [0.5, 0.6) is 0 Å². The summed E-state index contributed by atoms with van der Waals surface area (Å²) < 4.78 is 16.9. The molecule has 2 fully saturated rings. The average molecular weight is 415 g/mol. The van der Waals surface area contributed by atoms with Crippen LogP contribution in [0.2, 0.25) is 0 Å². The summed E-state index contributed by atoms with van der Waals surface area (Å²) in [6.45, 7) is 2.20. The van der Waals surface area contributed by atoms with Crippen LogP contribution in [0.25, 0.3) is 22.5 Å². The lowest BCUT2D eigenvalue weighted by Gasteiger charge is -2.17. The number of likely N-dealkylation sites (tertiary alicyclic amines) is 1. The van der Waals surface area contributed by atoms with Crippen LogP contribution in [0.1, 0.15) is 24.8 Å². The molecule has 0 spiro atoms. The third kappa shape index (κ3) is 3.93. The molecule has 3 aromatic rings. The van der Waals surface area contributed by atoms with Gasteiger partial charge in [0.1, 0.15) is 12.1 Å². The molecule has 1 aliphatic heterocycles. The maximum absolute atomic E-state index is 15.0. The van der Waals surface area contributed by atoms with E-state index in [0.29, 0.717) is 29.4 Å². The Kier molecular flexibility index (Phi) is 4.99. The summed E-state index contributed by atoms with van der Waals surface area (Å²) in [5.41, 5.74) is 2.55. The predicted molar refractivity (Wildman–Crippen MR) is 113 cm³/mol. The Balaban J connectivity index is 1.33. The number of rotatable bonds is 5. The van der Waals surface area contributed by atoms with E-state index in [4.69, 9.17) is 5.26 Å². The lowest BCUT2D eigenvalue weighted by atomic mass is 10.0. The van der Waals surface area contributed by atoms with Crippen molar-refractivity contribution in [1.29, 1.82) is 5.26 Å². The Bertz CT molecular complexity index is 1160. The van der Waals surface area contributed by atoms with Crippen molar-refractivity contribution in [3.05, 3.63) is 60.2 Å². The van der Waals surface area contributed by atoms with E-state index in [-0.39, 0.29) is 17.6 Å². The molecule has 6 nitrogen and oxygen atoms in total. The standard InChI is InChI=1S/C24H22FN5O/c25-22-11-20(18-3-1-16(12-26)2-4-18)7-8-21(22)23-28-27-15-30(23)14-17-9-10-29(13-17)24(31)19-5-6-19/h1-4,7-8,11,15,17,19H,5-6,9-10,13-14H2/t17-/m0/s1. The molecule has 31 heavy (non-hydrogen) atoms. The smallest absolute Gasteiger partial charge is 0.225 e. The van der Waals surface area contributed by atoms with Crippen LogP contribution < -0.4 is 0 Å².